The highest BCUT2D eigenvalue weighted by molar-refractivity contribution is 5.86. The van der Waals surface area contributed by atoms with Crippen LogP contribution in [0, 0.1) is 0 Å². The molecule has 1 heterocycles. The number of aromatic hydroxyl groups is 1. The Kier molecular flexibility index (Phi) is 2.57. The smallest absolute Gasteiger partial charge is 0.169 e. The Morgan fingerprint density at radius 2 is 1.56 bits per heavy atom. The van der Waals surface area contributed by atoms with Crippen LogP contribution in [0.4, 0.5) is 0 Å². The molecule has 2 aromatic carbocycles. The summed E-state index contributed by atoms with van der Waals surface area (Å²) in [6, 6.07) is 14.8. The lowest BCUT2D eigenvalue weighted by Gasteiger charge is -2.08. The first-order valence-electron chi connectivity index (χ1n) is 5.62. The van der Waals surface area contributed by atoms with E-state index in [0.717, 1.165) is 10.8 Å². The van der Waals surface area contributed by atoms with E-state index in [4.69, 9.17) is 4.74 Å². The molecule has 0 fully saturated rings. The van der Waals surface area contributed by atoms with Crippen LogP contribution in [0.15, 0.2) is 60.9 Å². The van der Waals surface area contributed by atoms with Crippen molar-refractivity contribution in [1.82, 2.24) is 4.98 Å². The van der Waals surface area contributed by atoms with Gasteiger partial charge in [0.15, 0.2) is 11.5 Å². The average Bonchev–Trinajstić information content (AvgIpc) is 2.41. The van der Waals surface area contributed by atoms with Gasteiger partial charge in [-0.05, 0) is 35.0 Å². The number of phenols is 1. The fraction of sp³-hybridized carbons (Fsp3) is 0. The van der Waals surface area contributed by atoms with Crippen molar-refractivity contribution in [3.05, 3.63) is 60.9 Å². The Balaban J connectivity index is 2.04. The number of benzene rings is 2. The van der Waals surface area contributed by atoms with Gasteiger partial charge in [-0.3, -0.25) is 4.98 Å². The topological polar surface area (TPSA) is 42.4 Å². The van der Waals surface area contributed by atoms with Gasteiger partial charge < -0.3 is 9.84 Å². The van der Waals surface area contributed by atoms with Crippen molar-refractivity contribution in [2.75, 3.05) is 0 Å². The monoisotopic (exact) mass is 237 g/mol. The third kappa shape index (κ3) is 1.98. The molecule has 0 unspecified atom stereocenters. The lowest BCUT2D eigenvalue weighted by molar-refractivity contribution is 0.412. The van der Waals surface area contributed by atoms with Gasteiger partial charge in [0, 0.05) is 12.4 Å². The van der Waals surface area contributed by atoms with E-state index < -0.39 is 0 Å². The first-order valence-corrected chi connectivity index (χ1v) is 5.62. The average molecular weight is 237 g/mol. The molecule has 3 rings (SSSR count). The molecule has 18 heavy (non-hydrogen) atoms. The Morgan fingerprint density at radius 1 is 0.889 bits per heavy atom. The largest absolute Gasteiger partial charge is 0.504 e. The molecule has 3 nitrogen and oxygen atoms in total. The molecule has 3 heteroatoms. The molecule has 0 atom stereocenters. The molecule has 0 saturated heterocycles. The zero-order chi connectivity index (χ0) is 12.4. The van der Waals surface area contributed by atoms with Crippen LogP contribution in [0.3, 0.4) is 0 Å². The summed E-state index contributed by atoms with van der Waals surface area (Å²) in [6.45, 7) is 0. The molecular weight excluding hydrogens is 226 g/mol. The van der Waals surface area contributed by atoms with E-state index in [1.165, 1.54) is 0 Å². The number of ether oxygens (including phenoxy) is 1. The van der Waals surface area contributed by atoms with Gasteiger partial charge in [0.1, 0.15) is 5.75 Å². The van der Waals surface area contributed by atoms with E-state index in [9.17, 15) is 5.11 Å². The molecule has 0 saturated carbocycles. The normalized spacial score (nSPS) is 10.4. The standard InChI is InChI=1S/C15H11NO2/c17-14-9-11-3-1-2-4-12(11)10-15(14)18-13-5-7-16-8-6-13/h1-10,17H. The molecule has 0 bridgehead atoms. The number of aromatic nitrogens is 1. The molecule has 3 aromatic rings. The lowest BCUT2D eigenvalue weighted by Crippen LogP contribution is -1.85. The highest BCUT2D eigenvalue weighted by atomic mass is 16.5. The van der Waals surface area contributed by atoms with Gasteiger partial charge in [-0.1, -0.05) is 24.3 Å². The van der Waals surface area contributed by atoms with Crippen molar-refractivity contribution in [3.63, 3.8) is 0 Å². The fourth-order valence-electron chi connectivity index (χ4n) is 1.82. The molecule has 0 amide bonds. The maximum absolute atomic E-state index is 9.93. The number of rotatable bonds is 2. The van der Waals surface area contributed by atoms with Gasteiger partial charge in [-0.25, -0.2) is 0 Å². The van der Waals surface area contributed by atoms with Gasteiger partial charge in [0.25, 0.3) is 0 Å². The second-order valence-corrected chi connectivity index (χ2v) is 3.95. The minimum Gasteiger partial charge on any atom is -0.504 e. The summed E-state index contributed by atoms with van der Waals surface area (Å²) in [7, 11) is 0. The highest BCUT2D eigenvalue weighted by Gasteiger charge is 2.05. The molecule has 1 aromatic heterocycles. The van der Waals surface area contributed by atoms with Crippen LogP contribution >= 0.6 is 0 Å². The van der Waals surface area contributed by atoms with Crippen molar-refractivity contribution in [2.45, 2.75) is 0 Å². The zero-order valence-corrected chi connectivity index (χ0v) is 9.58. The first kappa shape index (κ1) is 10.6. The molecule has 0 aliphatic rings. The van der Waals surface area contributed by atoms with Crippen LogP contribution in [-0.4, -0.2) is 10.1 Å². The minimum absolute atomic E-state index is 0.130. The Hall–Kier alpha value is -2.55. The second kappa shape index (κ2) is 4.37. The van der Waals surface area contributed by atoms with E-state index in [-0.39, 0.29) is 5.75 Å². The van der Waals surface area contributed by atoms with Gasteiger partial charge in [0.2, 0.25) is 0 Å². The minimum atomic E-state index is 0.130. The molecule has 0 aliphatic carbocycles. The Morgan fingerprint density at radius 3 is 2.28 bits per heavy atom. The summed E-state index contributed by atoms with van der Waals surface area (Å²) in [5, 5.41) is 11.9. The molecule has 88 valence electrons. The SMILES string of the molecule is Oc1cc2ccccc2cc1Oc1ccncc1. The number of fused-ring (bicyclic) bond motifs is 1. The zero-order valence-electron chi connectivity index (χ0n) is 9.58. The summed E-state index contributed by atoms with van der Waals surface area (Å²) >= 11 is 0. The summed E-state index contributed by atoms with van der Waals surface area (Å²) in [5.41, 5.74) is 0. The Bertz CT molecular complexity index is 680. The predicted molar refractivity (Wildman–Crippen MR) is 69.9 cm³/mol. The van der Waals surface area contributed by atoms with E-state index in [1.54, 1.807) is 30.6 Å². The maximum atomic E-state index is 9.93. The number of hydrogen-bond acceptors (Lipinski definition) is 3. The third-order valence-electron chi connectivity index (χ3n) is 2.70. The first-order chi connectivity index (χ1) is 8.83. The van der Waals surface area contributed by atoms with E-state index in [0.29, 0.717) is 11.5 Å². The second-order valence-electron chi connectivity index (χ2n) is 3.95. The lowest BCUT2D eigenvalue weighted by atomic mass is 10.1. The van der Waals surface area contributed by atoms with Crippen LogP contribution in [-0.2, 0) is 0 Å². The Labute approximate surface area is 104 Å². The fourth-order valence-corrected chi connectivity index (χ4v) is 1.82. The molecule has 0 radical (unpaired) electrons. The van der Waals surface area contributed by atoms with Crippen molar-refractivity contribution >= 4 is 10.8 Å². The van der Waals surface area contributed by atoms with Gasteiger partial charge in [0.05, 0.1) is 0 Å². The predicted octanol–water partition coefficient (Wildman–Crippen LogP) is 3.73. The molecule has 1 N–H and O–H groups in total. The van der Waals surface area contributed by atoms with Crippen LogP contribution in [0.5, 0.6) is 17.2 Å². The van der Waals surface area contributed by atoms with Crippen molar-refractivity contribution < 1.29 is 9.84 Å². The quantitative estimate of drug-likeness (QED) is 0.738. The van der Waals surface area contributed by atoms with Crippen LogP contribution < -0.4 is 4.74 Å². The molecule has 0 aliphatic heterocycles. The van der Waals surface area contributed by atoms with E-state index >= 15 is 0 Å². The van der Waals surface area contributed by atoms with Gasteiger partial charge >= 0.3 is 0 Å². The maximum Gasteiger partial charge on any atom is 0.169 e. The van der Waals surface area contributed by atoms with Crippen molar-refractivity contribution in [2.24, 2.45) is 0 Å². The van der Waals surface area contributed by atoms with Crippen LogP contribution in [0.1, 0.15) is 0 Å². The van der Waals surface area contributed by atoms with Gasteiger partial charge in [-0.2, -0.15) is 0 Å². The summed E-state index contributed by atoms with van der Waals surface area (Å²) in [6.07, 6.45) is 3.29. The molecule has 0 spiro atoms. The van der Waals surface area contributed by atoms with Crippen molar-refractivity contribution in [3.8, 4) is 17.2 Å². The summed E-state index contributed by atoms with van der Waals surface area (Å²) in [5.74, 6) is 1.22. The summed E-state index contributed by atoms with van der Waals surface area (Å²) < 4.78 is 5.63. The van der Waals surface area contributed by atoms with Gasteiger partial charge in [-0.15, -0.1) is 0 Å². The van der Waals surface area contributed by atoms with E-state index in [2.05, 4.69) is 4.98 Å². The van der Waals surface area contributed by atoms with Crippen LogP contribution in [0.2, 0.25) is 0 Å². The number of hydrogen-bond donors (Lipinski definition) is 1. The number of phenolic OH excluding ortho intramolecular Hbond substituents is 1. The number of pyridine rings is 1. The van der Waals surface area contributed by atoms with Crippen molar-refractivity contribution in [1.29, 1.82) is 0 Å². The highest BCUT2D eigenvalue weighted by Crippen LogP contribution is 2.34. The summed E-state index contributed by atoms with van der Waals surface area (Å²) in [4.78, 5) is 3.92. The molecular formula is C15H11NO2. The van der Waals surface area contributed by atoms with E-state index in [1.807, 2.05) is 30.3 Å². The third-order valence-corrected chi connectivity index (χ3v) is 2.70. The van der Waals surface area contributed by atoms with Crippen LogP contribution in [0.25, 0.3) is 10.8 Å². The number of nitrogens with zero attached hydrogens (tertiary/aromatic N) is 1.